The monoisotopic (exact) mass is 424 g/mol. The molecule has 0 radical (unpaired) electrons. The highest BCUT2D eigenvalue weighted by Crippen LogP contribution is 2.39. The molecule has 2 aliphatic heterocycles. The van der Waals surface area contributed by atoms with E-state index >= 15 is 0 Å². The van der Waals surface area contributed by atoms with Crippen LogP contribution in [-0.2, 0) is 14.2 Å². The highest BCUT2D eigenvalue weighted by molar-refractivity contribution is 4.98. The van der Waals surface area contributed by atoms with E-state index in [4.69, 9.17) is 14.2 Å². The number of ether oxygens (including phenoxy) is 3. The summed E-state index contributed by atoms with van der Waals surface area (Å²) in [5.41, 5.74) is 0. The maximum Gasteiger partial charge on any atom is 0.163 e. The van der Waals surface area contributed by atoms with Crippen molar-refractivity contribution in [3.8, 4) is 0 Å². The van der Waals surface area contributed by atoms with Crippen LogP contribution in [-0.4, -0.2) is 41.9 Å². The lowest BCUT2D eigenvalue weighted by atomic mass is 10.0. The highest BCUT2D eigenvalue weighted by Gasteiger charge is 2.54. The van der Waals surface area contributed by atoms with E-state index in [-0.39, 0.29) is 31.0 Å². The Labute approximate surface area is 185 Å². The van der Waals surface area contributed by atoms with E-state index in [0.717, 1.165) is 6.42 Å². The molecule has 0 aromatic carbocycles. The van der Waals surface area contributed by atoms with Gasteiger partial charge in [-0.05, 0) is 46.0 Å². The summed E-state index contributed by atoms with van der Waals surface area (Å²) in [5, 5.41) is 9.25. The average molecular weight is 425 g/mol. The van der Waals surface area contributed by atoms with Gasteiger partial charge in [0.25, 0.3) is 0 Å². The van der Waals surface area contributed by atoms with Crippen molar-refractivity contribution in [2.24, 2.45) is 0 Å². The van der Waals surface area contributed by atoms with E-state index in [9.17, 15) is 5.11 Å². The maximum atomic E-state index is 9.25. The average Bonchev–Trinajstić information content (AvgIpc) is 3.44. The van der Waals surface area contributed by atoms with Gasteiger partial charge in [0.2, 0.25) is 0 Å². The molecule has 0 bridgehead atoms. The predicted molar refractivity (Wildman–Crippen MR) is 124 cm³/mol. The number of unbranched alkanes of at least 4 members (excludes halogenated alkanes) is 12. The standard InChI is InChI=1S/C26H48O4/c1-4-5-6-7-8-9-10-11-12-13-14-15-16-17-18-19-20-22-25(24-23(21-27)28-24)30-26(2,3)29-22/h12-13,22-25,27H,4-11,14-21H2,1-3H3/b13-12-/t22-,23-,24+,25-/m0/s1. The largest absolute Gasteiger partial charge is 0.394 e. The van der Waals surface area contributed by atoms with Gasteiger partial charge in [-0.1, -0.05) is 83.3 Å². The number of hydrogen-bond donors (Lipinski definition) is 1. The first-order chi connectivity index (χ1) is 14.6. The molecule has 1 N–H and O–H groups in total. The highest BCUT2D eigenvalue weighted by atomic mass is 16.8. The quantitative estimate of drug-likeness (QED) is 0.151. The van der Waals surface area contributed by atoms with Crippen LogP contribution in [0.3, 0.4) is 0 Å². The molecule has 0 aromatic rings. The van der Waals surface area contributed by atoms with Crippen molar-refractivity contribution in [1.29, 1.82) is 0 Å². The number of hydrogen-bond acceptors (Lipinski definition) is 4. The topological polar surface area (TPSA) is 51.2 Å². The van der Waals surface area contributed by atoms with E-state index in [0.29, 0.717) is 0 Å². The molecule has 0 aliphatic carbocycles. The van der Waals surface area contributed by atoms with Crippen LogP contribution >= 0.6 is 0 Å². The summed E-state index contributed by atoms with van der Waals surface area (Å²) in [7, 11) is 0. The summed E-state index contributed by atoms with van der Waals surface area (Å²) in [6.07, 6.45) is 24.4. The Kier molecular flexibility index (Phi) is 12.6. The number of aliphatic hydroxyl groups excluding tert-OH is 1. The van der Waals surface area contributed by atoms with Gasteiger partial charge in [-0.2, -0.15) is 0 Å². The summed E-state index contributed by atoms with van der Waals surface area (Å²) in [6.45, 7) is 6.29. The van der Waals surface area contributed by atoms with Gasteiger partial charge in [-0.3, -0.25) is 0 Å². The second-order valence-corrected chi connectivity index (χ2v) is 9.69. The van der Waals surface area contributed by atoms with Gasteiger partial charge in [0.1, 0.15) is 18.3 Å². The lowest BCUT2D eigenvalue weighted by molar-refractivity contribution is -0.148. The summed E-state index contributed by atoms with van der Waals surface area (Å²) in [6, 6.07) is 0. The molecule has 2 aliphatic rings. The Bertz CT molecular complexity index is 462. The van der Waals surface area contributed by atoms with Gasteiger partial charge in [-0.15, -0.1) is 0 Å². The van der Waals surface area contributed by atoms with E-state index in [1.54, 1.807) is 0 Å². The van der Waals surface area contributed by atoms with Crippen LogP contribution in [0.1, 0.15) is 117 Å². The zero-order valence-electron chi connectivity index (χ0n) is 19.9. The molecule has 2 heterocycles. The van der Waals surface area contributed by atoms with Gasteiger partial charge < -0.3 is 19.3 Å². The molecule has 0 aromatic heterocycles. The van der Waals surface area contributed by atoms with Crippen LogP contribution < -0.4 is 0 Å². The Hall–Kier alpha value is -0.420. The minimum absolute atomic E-state index is 0.00891. The summed E-state index contributed by atoms with van der Waals surface area (Å²) >= 11 is 0. The third-order valence-electron chi connectivity index (χ3n) is 6.35. The molecule has 0 amide bonds. The van der Waals surface area contributed by atoms with Gasteiger partial charge in [-0.25, -0.2) is 0 Å². The molecular formula is C26H48O4. The van der Waals surface area contributed by atoms with Crippen molar-refractivity contribution in [1.82, 2.24) is 0 Å². The first kappa shape index (κ1) is 25.8. The first-order valence-corrected chi connectivity index (χ1v) is 12.8. The molecule has 2 fully saturated rings. The Morgan fingerprint density at radius 3 is 1.83 bits per heavy atom. The van der Waals surface area contributed by atoms with Crippen molar-refractivity contribution in [2.45, 2.75) is 147 Å². The van der Waals surface area contributed by atoms with Gasteiger partial charge in [0.15, 0.2) is 5.79 Å². The van der Waals surface area contributed by atoms with E-state index in [2.05, 4.69) is 19.1 Å². The third kappa shape index (κ3) is 10.3. The fourth-order valence-corrected chi connectivity index (χ4v) is 4.55. The van der Waals surface area contributed by atoms with E-state index in [1.165, 1.54) is 89.9 Å². The van der Waals surface area contributed by atoms with Gasteiger partial charge in [0, 0.05) is 0 Å². The molecule has 2 rings (SSSR count). The van der Waals surface area contributed by atoms with Crippen molar-refractivity contribution >= 4 is 0 Å². The number of aliphatic hydroxyl groups is 1. The summed E-state index contributed by atoms with van der Waals surface area (Å²) in [5.74, 6) is -0.539. The summed E-state index contributed by atoms with van der Waals surface area (Å²) < 4.78 is 17.7. The van der Waals surface area contributed by atoms with Crippen molar-refractivity contribution < 1.29 is 19.3 Å². The van der Waals surface area contributed by atoms with Crippen LogP contribution in [0.25, 0.3) is 0 Å². The molecular weight excluding hydrogens is 376 g/mol. The predicted octanol–water partition coefficient (Wildman–Crippen LogP) is 6.69. The van der Waals surface area contributed by atoms with Crippen molar-refractivity contribution in [3.05, 3.63) is 12.2 Å². The molecule has 4 nitrogen and oxygen atoms in total. The minimum Gasteiger partial charge on any atom is -0.394 e. The van der Waals surface area contributed by atoms with Gasteiger partial charge >= 0.3 is 0 Å². The smallest absolute Gasteiger partial charge is 0.163 e. The SMILES string of the molecule is CCCCCCCCC/C=C\CCCCCCC[C@@H]1OC(C)(C)O[C@@H]1[C@@H]1O[C@H]1CO. The fourth-order valence-electron chi connectivity index (χ4n) is 4.55. The van der Waals surface area contributed by atoms with Crippen molar-refractivity contribution in [2.75, 3.05) is 6.61 Å². The van der Waals surface area contributed by atoms with Crippen LogP contribution in [0.2, 0.25) is 0 Å². The van der Waals surface area contributed by atoms with Gasteiger partial charge in [0.05, 0.1) is 12.7 Å². The van der Waals surface area contributed by atoms with Crippen LogP contribution in [0.15, 0.2) is 12.2 Å². The number of allylic oxidation sites excluding steroid dienone is 2. The van der Waals surface area contributed by atoms with Crippen molar-refractivity contribution in [3.63, 3.8) is 0 Å². The maximum absolute atomic E-state index is 9.25. The zero-order valence-corrected chi connectivity index (χ0v) is 19.9. The van der Waals surface area contributed by atoms with Crippen LogP contribution in [0.5, 0.6) is 0 Å². The lowest BCUT2D eigenvalue weighted by Crippen LogP contribution is -2.30. The van der Waals surface area contributed by atoms with E-state index < -0.39 is 5.79 Å². The molecule has 0 unspecified atom stereocenters. The van der Waals surface area contributed by atoms with E-state index in [1.807, 2.05) is 13.8 Å². The van der Waals surface area contributed by atoms with Crippen LogP contribution in [0, 0.1) is 0 Å². The molecule has 2 saturated heterocycles. The first-order valence-electron chi connectivity index (χ1n) is 12.8. The Morgan fingerprint density at radius 1 is 0.700 bits per heavy atom. The molecule has 4 heteroatoms. The number of epoxide rings is 1. The minimum atomic E-state index is -0.539. The zero-order chi connectivity index (χ0) is 21.7. The van der Waals surface area contributed by atoms with Crippen LogP contribution in [0.4, 0.5) is 0 Å². The molecule has 176 valence electrons. The molecule has 0 saturated carbocycles. The lowest BCUT2D eigenvalue weighted by Gasteiger charge is -2.16. The second-order valence-electron chi connectivity index (χ2n) is 9.69. The summed E-state index contributed by atoms with van der Waals surface area (Å²) in [4.78, 5) is 0. The third-order valence-corrected chi connectivity index (χ3v) is 6.35. The molecule has 4 atom stereocenters. The Morgan fingerprint density at radius 2 is 1.27 bits per heavy atom. The molecule has 0 spiro atoms. The normalized spacial score (nSPS) is 27.9. The fraction of sp³-hybridized carbons (Fsp3) is 0.923. The Balaban J connectivity index is 1.40. The second kappa shape index (κ2) is 14.6. The molecule has 30 heavy (non-hydrogen) atoms. The number of rotatable bonds is 18.